The highest BCUT2D eigenvalue weighted by atomic mass is 35.5. The highest BCUT2D eigenvalue weighted by Gasteiger charge is 2.29. The van der Waals surface area contributed by atoms with Crippen molar-refractivity contribution in [3.05, 3.63) is 52.5 Å². The molecule has 0 bridgehead atoms. The van der Waals surface area contributed by atoms with Crippen molar-refractivity contribution in [2.45, 2.75) is 26.3 Å². The van der Waals surface area contributed by atoms with Gasteiger partial charge in [-0.3, -0.25) is 0 Å². The summed E-state index contributed by atoms with van der Waals surface area (Å²) in [4.78, 5) is 4.54. The maximum atomic E-state index is 14.0. The first-order valence-electron chi connectivity index (χ1n) is 8.64. The lowest BCUT2D eigenvalue weighted by molar-refractivity contribution is 0.0160. The quantitative estimate of drug-likeness (QED) is 0.513. The first-order chi connectivity index (χ1) is 12.5. The number of halogens is 3. The van der Waals surface area contributed by atoms with Crippen LogP contribution in [0, 0.1) is 11.2 Å². The van der Waals surface area contributed by atoms with Gasteiger partial charge in [-0.1, -0.05) is 36.2 Å². The second-order valence-corrected chi connectivity index (χ2v) is 8.02. The van der Waals surface area contributed by atoms with Crippen LogP contribution in [0.4, 0.5) is 4.39 Å². The number of ether oxygens (including phenoxy) is 1. The van der Waals surface area contributed by atoms with Crippen molar-refractivity contribution < 1.29 is 9.13 Å². The number of benzene rings is 1. The third kappa shape index (κ3) is 3.34. The van der Waals surface area contributed by atoms with Gasteiger partial charge >= 0.3 is 0 Å². The van der Waals surface area contributed by atoms with E-state index in [1.807, 2.05) is 18.3 Å². The summed E-state index contributed by atoms with van der Waals surface area (Å²) in [5.74, 6) is -0.427. The molecule has 1 fully saturated rings. The molecule has 26 heavy (non-hydrogen) atoms. The predicted molar refractivity (Wildman–Crippen MR) is 103 cm³/mol. The molecule has 136 valence electrons. The fraction of sp³-hybridized carbons (Fsp3) is 0.350. The summed E-state index contributed by atoms with van der Waals surface area (Å²) in [6.45, 7) is 4.64. The van der Waals surface area contributed by atoms with E-state index in [2.05, 4.69) is 16.5 Å². The molecule has 0 radical (unpaired) electrons. The fourth-order valence-corrected chi connectivity index (χ4v) is 3.85. The molecule has 0 amide bonds. The van der Waals surface area contributed by atoms with E-state index in [4.69, 9.17) is 27.9 Å². The van der Waals surface area contributed by atoms with Crippen molar-refractivity contribution in [2.24, 2.45) is 5.41 Å². The van der Waals surface area contributed by atoms with Gasteiger partial charge in [0.1, 0.15) is 16.6 Å². The normalized spacial score (nSPS) is 16.9. The average Bonchev–Trinajstić information content (AvgIpc) is 2.95. The molecule has 4 rings (SSSR count). The highest BCUT2D eigenvalue weighted by molar-refractivity contribution is 6.31. The van der Waals surface area contributed by atoms with Gasteiger partial charge in [0.05, 0.1) is 5.02 Å². The summed E-state index contributed by atoms with van der Waals surface area (Å²) in [5, 5.41) is 1.52. The summed E-state index contributed by atoms with van der Waals surface area (Å²) in [7, 11) is 0. The average molecular weight is 393 g/mol. The van der Waals surface area contributed by atoms with E-state index in [1.165, 1.54) is 6.07 Å². The van der Waals surface area contributed by atoms with E-state index < -0.39 is 5.82 Å². The molecule has 0 N–H and O–H groups in total. The molecule has 1 aromatic carbocycles. The van der Waals surface area contributed by atoms with Gasteiger partial charge in [0.15, 0.2) is 0 Å². The van der Waals surface area contributed by atoms with Gasteiger partial charge in [-0.25, -0.2) is 9.37 Å². The SMILES string of the molecule is CC1(Cn2cc(-c3ccc(Cl)c(F)c3)c3ccc(Cl)nc32)CCOCC1. The largest absolute Gasteiger partial charge is 0.381 e. The molecule has 0 atom stereocenters. The van der Waals surface area contributed by atoms with Crippen molar-refractivity contribution in [1.82, 2.24) is 9.55 Å². The molecule has 1 aliphatic heterocycles. The van der Waals surface area contributed by atoms with Crippen LogP contribution in [0.3, 0.4) is 0 Å². The number of aromatic nitrogens is 2. The van der Waals surface area contributed by atoms with Crippen molar-refractivity contribution in [2.75, 3.05) is 13.2 Å². The summed E-state index contributed by atoms with van der Waals surface area (Å²) < 4.78 is 21.6. The smallest absolute Gasteiger partial charge is 0.142 e. The highest BCUT2D eigenvalue weighted by Crippen LogP contribution is 2.37. The Morgan fingerprint density at radius 3 is 2.69 bits per heavy atom. The van der Waals surface area contributed by atoms with E-state index in [0.717, 1.165) is 54.8 Å². The number of pyridine rings is 1. The zero-order valence-corrected chi connectivity index (χ0v) is 15.9. The van der Waals surface area contributed by atoms with E-state index in [9.17, 15) is 4.39 Å². The maximum Gasteiger partial charge on any atom is 0.142 e. The predicted octanol–water partition coefficient (Wildman–Crippen LogP) is 5.97. The van der Waals surface area contributed by atoms with Crippen molar-refractivity contribution >= 4 is 34.2 Å². The standard InChI is InChI=1S/C20H19Cl2FN2O/c1-20(6-8-26-9-7-20)12-25-11-15(13-2-4-16(21)17(23)10-13)14-3-5-18(22)24-19(14)25/h2-5,10-11H,6-9,12H2,1H3. The number of hydrogen-bond donors (Lipinski definition) is 0. The molecule has 3 heterocycles. The second-order valence-electron chi connectivity index (χ2n) is 7.23. The van der Waals surface area contributed by atoms with Gasteiger partial charge in [0.2, 0.25) is 0 Å². The van der Waals surface area contributed by atoms with Crippen LogP contribution in [0.25, 0.3) is 22.2 Å². The summed E-state index contributed by atoms with van der Waals surface area (Å²) in [5.41, 5.74) is 2.65. The Kier molecular flexibility index (Phi) is 4.68. The van der Waals surface area contributed by atoms with E-state index in [-0.39, 0.29) is 10.4 Å². The molecule has 0 saturated carbocycles. The van der Waals surface area contributed by atoms with Crippen LogP contribution in [0.5, 0.6) is 0 Å². The summed E-state index contributed by atoms with van der Waals surface area (Å²) >= 11 is 12.0. The van der Waals surface area contributed by atoms with Gasteiger partial charge in [0.25, 0.3) is 0 Å². The Morgan fingerprint density at radius 1 is 1.19 bits per heavy atom. The summed E-state index contributed by atoms with van der Waals surface area (Å²) in [6.07, 6.45) is 4.04. The third-order valence-corrected chi connectivity index (χ3v) is 5.69. The molecule has 3 aromatic rings. The molecule has 3 nitrogen and oxygen atoms in total. The molecule has 0 aliphatic carbocycles. The van der Waals surface area contributed by atoms with Crippen LogP contribution in [-0.2, 0) is 11.3 Å². The second kappa shape index (κ2) is 6.84. The number of rotatable bonds is 3. The molecular weight excluding hydrogens is 374 g/mol. The summed E-state index contributed by atoms with van der Waals surface area (Å²) in [6, 6.07) is 8.58. The number of nitrogens with zero attached hydrogens (tertiary/aromatic N) is 2. The lowest BCUT2D eigenvalue weighted by Crippen LogP contribution is -2.30. The first-order valence-corrected chi connectivity index (χ1v) is 9.39. The minimum atomic E-state index is -0.427. The number of fused-ring (bicyclic) bond motifs is 1. The zero-order chi connectivity index (χ0) is 18.3. The van der Waals surface area contributed by atoms with E-state index in [1.54, 1.807) is 12.1 Å². The molecular formula is C20H19Cl2FN2O. The number of hydrogen-bond acceptors (Lipinski definition) is 2. The lowest BCUT2D eigenvalue weighted by atomic mass is 9.82. The maximum absolute atomic E-state index is 14.0. The Bertz CT molecular complexity index is 964. The molecule has 0 spiro atoms. The van der Waals surface area contributed by atoms with Crippen LogP contribution in [0.1, 0.15) is 19.8 Å². The molecule has 0 unspecified atom stereocenters. The fourth-order valence-electron chi connectivity index (χ4n) is 3.59. The van der Waals surface area contributed by atoms with Crippen LogP contribution < -0.4 is 0 Å². The lowest BCUT2D eigenvalue weighted by Gasteiger charge is -2.34. The van der Waals surface area contributed by atoms with Gasteiger partial charge < -0.3 is 9.30 Å². The van der Waals surface area contributed by atoms with Crippen LogP contribution in [0.2, 0.25) is 10.2 Å². The minimum absolute atomic E-state index is 0.119. The third-order valence-electron chi connectivity index (χ3n) is 5.17. The molecule has 6 heteroatoms. The van der Waals surface area contributed by atoms with Gasteiger partial charge in [-0.15, -0.1) is 0 Å². The van der Waals surface area contributed by atoms with Crippen LogP contribution in [0.15, 0.2) is 36.5 Å². The van der Waals surface area contributed by atoms with Gasteiger partial charge in [0, 0.05) is 36.9 Å². The topological polar surface area (TPSA) is 27.1 Å². The molecule has 1 saturated heterocycles. The van der Waals surface area contributed by atoms with Gasteiger partial charge in [-0.2, -0.15) is 0 Å². The van der Waals surface area contributed by atoms with Gasteiger partial charge in [-0.05, 0) is 48.1 Å². The Labute approximate surface area is 161 Å². The minimum Gasteiger partial charge on any atom is -0.381 e. The Hall–Kier alpha value is -1.62. The Balaban J connectivity index is 1.83. The van der Waals surface area contributed by atoms with E-state index >= 15 is 0 Å². The molecule has 1 aliphatic rings. The zero-order valence-electron chi connectivity index (χ0n) is 14.4. The van der Waals surface area contributed by atoms with E-state index in [0.29, 0.717) is 5.15 Å². The molecule has 2 aromatic heterocycles. The monoisotopic (exact) mass is 392 g/mol. The van der Waals surface area contributed by atoms with Crippen molar-refractivity contribution in [1.29, 1.82) is 0 Å². The first kappa shape index (κ1) is 17.8. The van der Waals surface area contributed by atoms with Crippen molar-refractivity contribution in [3.8, 4) is 11.1 Å². The van der Waals surface area contributed by atoms with Crippen LogP contribution >= 0.6 is 23.2 Å². The van der Waals surface area contributed by atoms with Crippen LogP contribution in [-0.4, -0.2) is 22.8 Å². The van der Waals surface area contributed by atoms with Crippen molar-refractivity contribution in [3.63, 3.8) is 0 Å². The Morgan fingerprint density at radius 2 is 1.96 bits per heavy atom.